The molecule has 2 aromatic heterocycles. The van der Waals surface area contributed by atoms with Gasteiger partial charge in [-0.25, -0.2) is 14.1 Å². The molecule has 136 heavy (non-hydrogen) atoms. The number of aromatic hydroxyl groups is 1. The Labute approximate surface area is 781 Å². The number of hydrogen-bond acceptors (Lipinski definition) is 36. The van der Waals surface area contributed by atoms with Gasteiger partial charge in [0, 0.05) is 87.9 Å². The second kappa shape index (κ2) is 62.1. The molecular formula is C87H130F7N9O33. The predicted molar refractivity (Wildman–Crippen MR) is 459 cm³/mol. The highest BCUT2D eigenvalue weighted by atomic mass is 19.4. The van der Waals surface area contributed by atoms with E-state index in [0.29, 0.717) is 28.3 Å². The molecule has 3 aliphatic rings. The number of pyridine rings is 1. The molecule has 3 aliphatic heterocycles. The van der Waals surface area contributed by atoms with E-state index in [0.717, 1.165) is 11.5 Å². The summed E-state index contributed by atoms with van der Waals surface area (Å²) in [5.41, 5.74) is 0.560. The van der Waals surface area contributed by atoms with Crippen molar-refractivity contribution in [1.82, 2.24) is 46.6 Å². The highest BCUT2D eigenvalue weighted by molar-refractivity contribution is 5.85. The predicted octanol–water partition coefficient (Wildman–Crippen LogP) is 0.416. The lowest BCUT2D eigenvalue weighted by Gasteiger charge is -2.41. The van der Waals surface area contributed by atoms with Gasteiger partial charge >= 0.3 is 18.3 Å². The zero-order valence-electron chi connectivity index (χ0n) is 76.5. The first-order valence-corrected chi connectivity index (χ1v) is 44.9. The van der Waals surface area contributed by atoms with Gasteiger partial charge in [0.15, 0.2) is 11.6 Å². The van der Waals surface area contributed by atoms with E-state index in [1.807, 2.05) is 6.07 Å². The number of amides is 5. The Kier molecular flexibility index (Phi) is 52.4. The van der Waals surface area contributed by atoms with Crippen LogP contribution in [0.3, 0.4) is 0 Å². The highest BCUT2D eigenvalue weighted by Crippen LogP contribution is 2.34. The maximum absolute atomic E-state index is 14.3. The maximum atomic E-state index is 14.3. The van der Waals surface area contributed by atoms with Gasteiger partial charge < -0.3 is 152 Å². The molecule has 1 unspecified atom stereocenters. The molecule has 3 fully saturated rings. The number of carbonyl (C=O) groups is 7. The minimum Gasteiger partial charge on any atom is -0.505 e. The normalized spacial score (nSPS) is 22.5. The summed E-state index contributed by atoms with van der Waals surface area (Å²) in [6.07, 6.45) is -24.8. The van der Waals surface area contributed by atoms with E-state index in [1.165, 1.54) is 37.6 Å². The Morgan fingerprint density at radius 1 is 0.449 bits per heavy atom. The highest BCUT2D eigenvalue weighted by Gasteiger charge is 2.50. The fraction of sp³-hybridized carbons (Fsp3) is 0.724. The monoisotopic (exact) mass is 1960 g/mol. The minimum atomic E-state index is -5.20. The number of aliphatic hydroxyl groups excluding tert-OH is 6. The topological polar surface area (TPSA) is 540 Å². The van der Waals surface area contributed by atoms with E-state index in [1.54, 1.807) is 42.7 Å². The van der Waals surface area contributed by atoms with Crippen LogP contribution < -0.4 is 31.3 Å². The van der Waals surface area contributed by atoms with Crippen molar-refractivity contribution in [1.29, 1.82) is 0 Å². The Balaban J connectivity index is 0.846. The maximum Gasteiger partial charge on any atom is 0.471 e. The number of phenols is 1. The molecule has 3 saturated heterocycles. The number of halogens is 7. The van der Waals surface area contributed by atoms with Gasteiger partial charge in [-0.15, -0.1) is 5.10 Å². The first-order valence-electron chi connectivity index (χ1n) is 44.9. The number of aromatic nitrogens is 4. The number of aliphatic hydroxyl groups is 6. The van der Waals surface area contributed by atoms with Gasteiger partial charge in [0.2, 0.25) is 29.4 Å². The van der Waals surface area contributed by atoms with Crippen molar-refractivity contribution in [2.24, 2.45) is 11.3 Å². The first kappa shape index (κ1) is 115. The summed E-state index contributed by atoms with van der Waals surface area (Å²) < 4.78 is 200. The van der Waals surface area contributed by atoms with Crippen LogP contribution in [-0.2, 0) is 119 Å². The SMILES string of the molecule is CC(=O)N[C@@H]1[C@@H](O)[C@@H](O)[C@@H](COCCOCCOCCOCCNC(=O)CCOCC(COCCC(=O)NCCOCCOCCOCCOC[C@H]2O[C@@H](C)[C@H](CC(=O)C(F)(F)F)[C@@H](O)[C@H]2O)(COCCC(=O)NCCOCCOCCOCCOC[C@H]2O[C@@H](C)[C@H](NC(=O)C(F)(F)F)[C@@H](O)[C@H]2O)CC(=O)CCCOc2ccc3nc(-c4cn(-c5ccc(O)c(F)c5)nn4)ccc3c2)O[C@H]1C. The van der Waals surface area contributed by atoms with Gasteiger partial charge in [-0.3, -0.25) is 33.6 Å². The van der Waals surface area contributed by atoms with Crippen LogP contribution in [0.1, 0.15) is 72.6 Å². The third-order valence-corrected chi connectivity index (χ3v) is 21.4. The molecule has 0 saturated carbocycles. The van der Waals surface area contributed by atoms with Crippen LogP contribution in [0.4, 0.5) is 30.7 Å². The number of nitrogens with zero attached hydrogens (tertiary/aromatic N) is 4. The lowest BCUT2D eigenvalue weighted by Crippen LogP contribution is -2.64. The van der Waals surface area contributed by atoms with E-state index in [9.17, 15) is 100 Å². The van der Waals surface area contributed by atoms with Crippen LogP contribution in [0.5, 0.6) is 11.5 Å². The summed E-state index contributed by atoms with van der Waals surface area (Å²) in [6.45, 7) is 8.24. The fourth-order valence-corrected chi connectivity index (χ4v) is 14.1. The average Bonchev–Trinajstić information content (AvgIpc) is 1.76. The molecule has 42 nitrogen and oxygen atoms in total. The molecule has 7 rings (SSSR count). The number of phenolic OH excluding ortho intramolecular Hbond substituents is 1. The molecule has 5 amide bonds. The molecule has 12 N–H and O–H groups in total. The molecule has 0 radical (unpaired) electrons. The average molecular weight is 1960 g/mol. The number of benzene rings is 2. The molecule has 49 heteroatoms. The van der Waals surface area contributed by atoms with E-state index in [2.05, 4.69) is 31.6 Å². The molecular weight excluding hydrogens is 1830 g/mol. The Bertz CT molecular complexity index is 4030. The van der Waals surface area contributed by atoms with E-state index >= 15 is 0 Å². The largest absolute Gasteiger partial charge is 0.505 e. The number of nitrogens with one attached hydrogen (secondary N) is 5. The summed E-state index contributed by atoms with van der Waals surface area (Å²) in [4.78, 5) is 92.9. The van der Waals surface area contributed by atoms with Gasteiger partial charge in [-0.1, -0.05) is 11.3 Å². The van der Waals surface area contributed by atoms with E-state index < -0.39 is 145 Å². The van der Waals surface area contributed by atoms with Gasteiger partial charge in [0.05, 0.1) is 264 Å². The van der Waals surface area contributed by atoms with Crippen molar-refractivity contribution < 1.29 is 190 Å². The van der Waals surface area contributed by atoms with Crippen LogP contribution in [0, 0.1) is 17.2 Å². The van der Waals surface area contributed by atoms with Crippen LogP contribution in [0.25, 0.3) is 28.0 Å². The number of fused-ring (bicyclic) bond motifs is 1. The van der Waals surface area contributed by atoms with E-state index in [4.69, 9.17) is 95.0 Å². The van der Waals surface area contributed by atoms with E-state index in [-0.39, 0.29) is 286 Å². The number of carbonyl (C=O) groups excluding carboxylic acids is 7. The number of alkyl halides is 6. The van der Waals surface area contributed by atoms with Crippen molar-refractivity contribution in [3.05, 3.63) is 60.5 Å². The second-order valence-electron chi connectivity index (χ2n) is 32.2. The van der Waals surface area contributed by atoms with Crippen molar-refractivity contribution in [3.63, 3.8) is 0 Å². The van der Waals surface area contributed by atoms with Crippen molar-refractivity contribution in [3.8, 4) is 28.6 Å². The summed E-state index contributed by atoms with van der Waals surface area (Å²) in [6, 6.07) is 10.3. The molecule has 16 atom stereocenters. The molecule has 2 aromatic carbocycles. The molecule has 770 valence electrons. The molecule has 0 aliphatic carbocycles. The number of rotatable bonds is 70. The Morgan fingerprint density at radius 3 is 1.29 bits per heavy atom. The molecule has 5 heterocycles. The summed E-state index contributed by atoms with van der Waals surface area (Å²) in [5, 5.41) is 93.8. The third-order valence-electron chi connectivity index (χ3n) is 21.4. The lowest BCUT2D eigenvalue weighted by atomic mass is 9.84. The molecule has 4 aromatic rings. The standard InChI is InChI=1S/C87H130F7N9O33/c1-55-63(46-72(107)86(89,90)91)78(111)79(112)69(134-55)49-127-41-38-124-35-32-121-29-26-118-23-16-95-73(108)13-20-130-52-85(47-61(105)6-5-19-133-62-9-11-65-59(44-62)7-10-66(99-65)67-48-103(102-101-67)60-8-12-68(106)64(88)45-60,53-131-21-14-74(109)96-17-24-119-27-30-122-33-36-125-39-42-128-50-70-80(113)82(115)76(56(2)135-70)98-58(4)104)54-132-22-15-75(110)97-18-25-120-28-31-123-34-37-126-40-43-129-51-71-81(114)83(116)77(57(3)136-71)100-84(117)87(92,93)94/h7-12,44-45,48,55-57,63,69-71,76-83,106,111-116H,5-6,13-43,46-47,49-54H2,1-4H3,(H,95,108)(H,96,109)(H,97,110)(H,98,104)(H,100,117)/t55-,56-,57-,63-,69+,70+,71+,76-,77-,78+,79-,80-,81-,82+,83+,85?/m0/s1. The van der Waals surface area contributed by atoms with Crippen molar-refractivity contribution >= 4 is 52.0 Å². The number of Topliss-reactive ketones (excluding diaryl/α,β-unsaturated/α-hetero) is 2. The third kappa shape index (κ3) is 42.5. The van der Waals surface area contributed by atoms with Crippen LogP contribution in [0.15, 0.2) is 54.7 Å². The van der Waals surface area contributed by atoms with Crippen LogP contribution >= 0.6 is 0 Å². The minimum absolute atomic E-state index is 0.0103. The van der Waals surface area contributed by atoms with Crippen LogP contribution in [0.2, 0.25) is 0 Å². The summed E-state index contributed by atoms with van der Waals surface area (Å²) >= 11 is 0. The zero-order valence-corrected chi connectivity index (χ0v) is 76.5. The van der Waals surface area contributed by atoms with Gasteiger partial charge in [-0.2, -0.15) is 26.3 Å². The van der Waals surface area contributed by atoms with Crippen LogP contribution in [-0.4, -0.2) is 419 Å². The first-order chi connectivity index (χ1) is 65.1. The van der Waals surface area contributed by atoms with Crippen molar-refractivity contribution in [2.75, 3.05) is 224 Å². The smallest absolute Gasteiger partial charge is 0.471 e. The second-order valence-corrected chi connectivity index (χ2v) is 32.2. The summed E-state index contributed by atoms with van der Waals surface area (Å²) in [5.74, 6) is -8.19. The quantitative estimate of drug-likeness (QED) is 0.0210. The Hall–Kier alpha value is -8.17. The zero-order chi connectivity index (χ0) is 98.8. The molecule has 0 spiro atoms. The van der Waals surface area contributed by atoms with Gasteiger partial charge in [0.25, 0.3) is 0 Å². The van der Waals surface area contributed by atoms with Gasteiger partial charge in [-0.05, 0) is 63.6 Å². The fourth-order valence-electron chi connectivity index (χ4n) is 14.1. The number of ketones is 2. The molecule has 0 bridgehead atoms. The van der Waals surface area contributed by atoms with Crippen molar-refractivity contribution in [2.45, 2.75) is 170 Å². The summed E-state index contributed by atoms with van der Waals surface area (Å²) in [7, 11) is 0. The number of hydrogen-bond donors (Lipinski definition) is 12. The Morgan fingerprint density at radius 2 is 0.868 bits per heavy atom. The lowest BCUT2D eigenvalue weighted by molar-refractivity contribution is -0.215. The number of ether oxygens (including phenoxy) is 19. The van der Waals surface area contributed by atoms with Gasteiger partial charge in [0.1, 0.15) is 66.1 Å².